The minimum absolute atomic E-state index is 0.479. The van der Waals surface area contributed by atoms with Gasteiger partial charge in [-0.15, -0.1) is 0 Å². The van der Waals surface area contributed by atoms with E-state index < -0.39 is 6.56 Å². The number of fused-ring (bicyclic) bond motifs is 3. The lowest BCUT2D eigenvalue weighted by atomic mass is 9.98. The summed E-state index contributed by atoms with van der Waals surface area (Å²) in [4.78, 5) is 3.95. The van der Waals surface area contributed by atoms with E-state index in [-0.39, 0.29) is 0 Å². The third-order valence-corrected chi connectivity index (χ3v) is 2.82. The Bertz CT molecular complexity index is 601. The van der Waals surface area contributed by atoms with Crippen molar-refractivity contribution < 1.29 is 7.48 Å². The van der Waals surface area contributed by atoms with Crippen LogP contribution in [0.1, 0.15) is 8.30 Å². The van der Waals surface area contributed by atoms with Gasteiger partial charge in [-0.2, -0.15) is 0 Å². The number of benzene rings is 1. The number of rotatable bonds is 0. The average Bonchev–Trinajstić information content (AvgIpc) is 2.29. The molecule has 0 saturated heterocycles. The molecule has 0 aliphatic carbocycles. The van der Waals surface area contributed by atoms with Crippen LogP contribution in [-0.2, 0) is 6.56 Å². The minimum atomic E-state index is -1.82. The predicted molar refractivity (Wildman–Crippen MR) is 61.7 cm³/mol. The number of hydrogen-bond acceptors (Lipinski definition) is 2. The lowest BCUT2D eigenvalue weighted by Crippen LogP contribution is -2.05. The molecule has 0 radical (unpaired) electrons. The molecule has 0 fully saturated rings. The van der Waals surface area contributed by atoms with Gasteiger partial charge in [0.05, 0.1) is 8.94 Å². The maximum Gasteiger partial charge on any atom is 0.145 e. The van der Waals surface area contributed by atoms with Crippen molar-refractivity contribution in [1.29, 1.82) is 0 Å². The number of hydrogen-bond donors (Lipinski definition) is 0. The molecule has 0 N–H and O–H groups in total. The Morgan fingerprint density at radius 2 is 2.27 bits per heavy atom. The molecule has 0 amide bonds. The smallest absolute Gasteiger partial charge is 0.145 e. The summed E-state index contributed by atoms with van der Waals surface area (Å²) in [5, 5.41) is 0. The quantitative estimate of drug-likeness (QED) is 0.727. The van der Waals surface area contributed by atoms with E-state index in [0.29, 0.717) is 11.3 Å². The molecule has 2 aromatic rings. The maximum atomic E-state index is 7.93. The Labute approximate surface area is 98.9 Å². The Kier molecular flexibility index (Phi) is 1.56. The first-order valence-corrected chi connectivity index (χ1v) is 5.31. The largest absolute Gasteiger partial charge is 0.487 e. The van der Waals surface area contributed by atoms with Crippen LogP contribution in [0.4, 0.5) is 0 Å². The Morgan fingerprint density at radius 3 is 3.20 bits per heavy atom. The highest BCUT2D eigenvalue weighted by atomic mass is 79.9. The molecule has 0 spiro atoms. The second-order valence-electron chi connectivity index (χ2n) is 3.27. The summed E-state index contributed by atoms with van der Waals surface area (Å²) in [5.41, 5.74) is 2.25. The fourth-order valence-electron chi connectivity index (χ4n) is 1.63. The fraction of sp³-hybridized carbons (Fsp3) is 0.0833. The van der Waals surface area contributed by atoms with Crippen LogP contribution in [0.5, 0.6) is 5.75 Å². The van der Waals surface area contributed by atoms with Crippen molar-refractivity contribution >= 4 is 15.9 Å². The first-order valence-electron chi connectivity index (χ1n) is 5.51. The lowest BCUT2D eigenvalue weighted by Gasteiger charge is -2.20. The van der Waals surface area contributed by atoms with Gasteiger partial charge in [-0.25, -0.2) is 0 Å². The number of aromatic nitrogens is 1. The fourth-order valence-corrected chi connectivity index (χ4v) is 1.99. The van der Waals surface area contributed by atoms with E-state index in [2.05, 4.69) is 20.9 Å². The van der Waals surface area contributed by atoms with Crippen LogP contribution < -0.4 is 4.74 Å². The maximum absolute atomic E-state index is 7.93. The molecule has 1 aromatic carbocycles. The van der Waals surface area contributed by atoms with Crippen LogP contribution in [0.2, 0.25) is 0 Å². The van der Waals surface area contributed by atoms with E-state index >= 15 is 0 Å². The molecular weight excluding hydrogens is 254 g/mol. The molecule has 1 aliphatic heterocycles. The van der Waals surface area contributed by atoms with Crippen molar-refractivity contribution in [1.82, 2.24) is 4.98 Å². The SMILES string of the molecule is [2H]C1([2H])Oc2cnccc2-c2ccc(Br)cc21. The van der Waals surface area contributed by atoms with E-state index in [1.807, 2.05) is 18.2 Å². The van der Waals surface area contributed by atoms with E-state index in [9.17, 15) is 0 Å². The van der Waals surface area contributed by atoms with Gasteiger partial charge in [-0.05, 0) is 29.3 Å². The summed E-state index contributed by atoms with van der Waals surface area (Å²) in [5.74, 6) is 0.479. The highest BCUT2D eigenvalue weighted by Gasteiger charge is 2.16. The van der Waals surface area contributed by atoms with E-state index in [4.69, 9.17) is 7.48 Å². The van der Waals surface area contributed by atoms with Crippen LogP contribution in [0.25, 0.3) is 11.1 Å². The van der Waals surface area contributed by atoms with Gasteiger partial charge in [0.1, 0.15) is 12.3 Å². The van der Waals surface area contributed by atoms with Crippen molar-refractivity contribution in [2.75, 3.05) is 0 Å². The highest BCUT2D eigenvalue weighted by Crippen LogP contribution is 2.37. The third-order valence-electron chi connectivity index (χ3n) is 2.33. The van der Waals surface area contributed by atoms with E-state index in [1.165, 1.54) is 6.20 Å². The molecule has 3 rings (SSSR count). The van der Waals surface area contributed by atoms with Gasteiger partial charge in [0.25, 0.3) is 0 Å². The zero-order valence-electron chi connectivity index (χ0n) is 9.70. The monoisotopic (exact) mass is 263 g/mol. The molecule has 0 atom stereocenters. The lowest BCUT2D eigenvalue weighted by molar-refractivity contribution is 0.301. The van der Waals surface area contributed by atoms with Crippen LogP contribution in [0.3, 0.4) is 0 Å². The molecule has 2 nitrogen and oxygen atoms in total. The predicted octanol–water partition coefficient (Wildman–Crippen LogP) is 3.40. The van der Waals surface area contributed by atoms with Crippen LogP contribution in [-0.4, -0.2) is 4.98 Å². The molecule has 0 unspecified atom stereocenters. The van der Waals surface area contributed by atoms with Crippen molar-refractivity contribution in [3.8, 4) is 16.9 Å². The highest BCUT2D eigenvalue weighted by molar-refractivity contribution is 9.10. The first kappa shape index (κ1) is 7.01. The molecule has 0 bridgehead atoms. The number of pyridine rings is 1. The number of ether oxygens (including phenoxy) is 1. The van der Waals surface area contributed by atoms with Crippen molar-refractivity contribution in [2.45, 2.75) is 6.56 Å². The van der Waals surface area contributed by atoms with Crippen molar-refractivity contribution in [3.05, 3.63) is 46.7 Å². The molecule has 1 aromatic heterocycles. The van der Waals surface area contributed by atoms with Crippen LogP contribution in [0, 0.1) is 0 Å². The number of halogens is 1. The van der Waals surface area contributed by atoms with Crippen molar-refractivity contribution in [3.63, 3.8) is 0 Å². The van der Waals surface area contributed by atoms with Gasteiger partial charge in [-0.3, -0.25) is 4.98 Å². The average molecular weight is 264 g/mol. The second-order valence-corrected chi connectivity index (χ2v) is 4.18. The van der Waals surface area contributed by atoms with Crippen LogP contribution >= 0.6 is 15.9 Å². The Balaban J connectivity index is 2.33. The second kappa shape index (κ2) is 3.35. The van der Waals surface area contributed by atoms with Gasteiger partial charge in [0.15, 0.2) is 0 Å². The minimum Gasteiger partial charge on any atom is -0.487 e. The molecular formula is C12H8BrNO. The number of nitrogens with zero attached hydrogens (tertiary/aromatic N) is 1. The van der Waals surface area contributed by atoms with Gasteiger partial charge < -0.3 is 4.74 Å². The summed E-state index contributed by atoms with van der Waals surface area (Å²) in [6, 6.07) is 7.36. The summed E-state index contributed by atoms with van der Waals surface area (Å²) in [6.07, 6.45) is 3.22. The standard InChI is InChI=1S/C12H8BrNO/c13-9-1-2-10-8(5-9)7-15-12-6-14-4-3-11(10)12/h1-6H,7H2/i7D2. The molecule has 74 valence electrons. The third kappa shape index (κ3) is 1.43. The normalized spacial score (nSPS) is 17.9. The first-order chi connectivity index (χ1) is 8.08. The van der Waals surface area contributed by atoms with Gasteiger partial charge in [-0.1, -0.05) is 22.0 Å². The molecule has 2 heterocycles. The van der Waals surface area contributed by atoms with Gasteiger partial charge in [0.2, 0.25) is 0 Å². The van der Waals surface area contributed by atoms with Crippen LogP contribution in [0.15, 0.2) is 41.1 Å². The summed E-state index contributed by atoms with van der Waals surface area (Å²) in [7, 11) is 0. The van der Waals surface area contributed by atoms with Gasteiger partial charge in [0, 0.05) is 16.2 Å². The summed E-state index contributed by atoms with van der Waals surface area (Å²) >= 11 is 3.35. The Hall–Kier alpha value is -1.35. The molecule has 0 saturated carbocycles. The molecule has 3 heteroatoms. The molecule has 15 heavy (non-hydrogen) atoms. The zero-order valence-corrected chi connectivity index (χ0v) is 9.28. The molecule has 1 aliphatic rings. The van der Waals surface area contributed by atoms with Crippen molar-refractivity contribution in [2.24, 2.45) is 0 Å². The summed E-state index contributed by atoms with van der Waals surface area (Å²) < 4.78 is 22.0. The zero-order chi connectivity index (χ0) is 12.0. The van der Waals surface area contributed by atoms with E-state index in [1.54, 1.807) is 12.3 Å². The topological polar surface area (TPSA) is 22.1 Å². The van der Waals surface area contributed by atoms with E-state index in [0.717, 1.165) is 15.6 Å². The summed E-state index contributed by atoms with van der Waals surface area (Å²) in [6.45, 7) is -1.82. The Morgan fingerprint density at radius 1 is 1.33 bits per heavy atom. The van der Waals surface area contributed by atoms with Gasteiger partial charge >= 0.3 is 0 Å².